The molecule has 1 aliphatic heterocycles. The molecule has 1 aliphatic rings. The number of nitrogens with two attached hydrogens (primary N) is 1. The maximum Gasteiger partial charge on any atom is 0.410 e. The van der Waals surface area contributed by atoms with Crippen LogP contribution in [0.2, 0.25) is 0 Å². The summed E-state index contributed by atoms with van der Waals surface area (Å²) < 4.78 is 5.41. The Balaban J connectivity index is 1.99. The molecule has 0 spiro atoms. The van der Waals surface area contributed by atoms with E-state index >= 15 is 0 Å². The second-order valence-corrected chi connectivity index (χ2v) is 6.90. The first kappa shape index (κ1) is 15.8. The van der Waals surface area contributed by atoms with E-state index in [0.717, 1.165) is 6.42 Å². The molecule has 116 valence electrons. The van der Waals surface area contributed by atoms with Gasteiger partial charge < -0.3 is 15.4 Å². The van der Waals surface area contributed by atoms with Crippen LogP contribution in [-0.4, -0.2) is 35.7 Å². The normalized spacial score (nSPS) is 23.0. The topological polar surface area (TPSA) is 55.6 Å². The molecule has 2 N–H and O–H groups in total. The Labute approximate surface area is 127 Å². The number of piperidine rings is 1. The van der Waals surface area contributed by atoms with E-state index in [-0.39, 0.29) is 12.1 Å². The molecule has 4 heteroatoms. The van der Waals surface area contributed by atoms with Crippen molar-refractivity contribution in [2.75, 3.05) is 13.1 Å². The van der Waals surface area contributed by atoms with Gasteiger partial charge in [-0.1, -0.05) is 29.8 Å². The van der Waals surface area contributed by atoms with Crippen molar-refractivity contribution in [2.24, 2.45) is 5.73 Å². The van der Waals surface area contributed by atoms with Crippen molar-refractivity contribution in [3.63, 3.8) is 0 Å². The minimum Gasteiger partial charge on any atom is -0.444 e. The van der Waals surface area contributed by atoms with E-state index in [1.54, 1.807) is 4.90 Å². The molecular weight excluding hydrogens is 264 g/mol. The summed E-state index contributed by atoms with van der Waals surface area (Å²) in [6.07, 6.45) is 0.615. The molecule has 0 radical (unpaired) electrons. The van der Waals surface area contributed by atoms with Gasteiger partial charge in [0, 0.05) is 25.0 Å². The molecule has 0 aromatic heterocycles. The highest BCUT2D eigenvalue weighted by Crippen LogP contribution is 2.28. The molecule has 0 aliphatic carbocycles. The van der Waals surface area contributed by atoms with Gasteiger partial charge in [-0.15, -0.1) is 0 Å². The van der Waals surface area contributed by atoms with E-state index < -0.39 is 5.60 Å². The lowest BCUT2D eigenvalue weighted by atomic mass is 9.85. The number of rotatable bonds is 1. The van der Waals surface area contributed by atoms with Crippen molar-refractivity contribution in [2.45, 2.75) is 51.7 Å². The Hall–Kier alpha value is -1.55. The lowest BCUT2D eigenvalue weighted by Crippen LogP contribution is -2.50. The minimum atomic E-state index is -0.463. The zero-order valence-electron chi connectivity index (χ0n) is 13.4. The van der Waals surface area contributed by atoms with Crippen LogP contribution < -0.4 is 5.73 Å². The summed E-state index contributed by atoms with van der Waals surface area (Å²) in [4.78, 5) is 13.8. The van der Waals surface area contributed by atoms with Gasteiger partial charge in [0.1, 0.15) is 5.60 Å². The molecule has 4 nitrogen and oxygen atoms in total. The quantitative estimate of drug-likeness (QED) is 0.865. The summed E-state index contributed by atoms with van der Waals surface area (Å²) in [5, 5.41) is 0. The highest BCUT2D eigenvalue weighted by Gasteiger charge is 2.32. The van der Waals surface area contributed by atoms with E-state index in [2.05, 4.69) is 31.2 Å². The fourth-order valence-corrected chi connectivity index (χ4v) is 2.70. The monoisotopic (exact) mass is 290 g/mol. The molecular formula is C17H26N2O2. The highest BCUT2D eigenvalue weighted by molar-refractivity contribution is 5.68. The Morgan fingerprint density at radius 2 is 1.90 bits per heavy atom. The number of hydrogen-bond acceptors (Lipinski definition) is 3. The van der Waals surface area contributed by atoms with Crippen molar-refractivity contribution in [3.8, 4) is 0 Å². The average molecular weight is 290 g/mol. The predicted molar refractivity (Wildman–Crippen MR) is 84.3 cm³/mol. The van der Waals surface area contributed by atoms with Gasteiger partial charge in [-0.25, -0.2) is 4.79 Å². The van der Waals surface area contributed by atoms with E-state index in [4.69, 9.17) is 10.5 Å². The fraction of sp³-hybridized carbons (Fsp3) is 0.588. The Morgan fingerprint density at radius 1 is 1.29 bits per heavy atom. The van der Waals surface area contributed by atoms with Gasteiger partial charge in [0.2, 0.25) is 0 Å². The molecule has 1 amide bonds. The zero-order valence-corrected chi connectivity index (χ0v) is 13.4. The third-order valence-electron chi connectivity index (χ3n) is 3.82. The number of aryl methyl sites for hydroxylation is 1. The Bertz CT molecular complexity index is 491. The SMILES string of the molecule is Cc1ccc(C2CCN(C(=O)OC(C)(C)C)CC2N)cc1. The second kappa shape index (κ2) is 6.06. The van der Waals surface area contributed by atoms with Gasteiger partial charge in [-0.05, 0) is 39.7 Å². The van der Waals surface area contributed by atoms with Crippen LogP contribution in [-0.2, 0) is 4.74 Å². The predicted octanol–water partition coefficient (Wildman–Crippen LogP) is 3.05. The summed E-state index contributed by atoms with van der Waals surface area (Å²) in [7, 11) is 0. The van der Waals surface area contributed by atoms with Gasteiger partial charge in [-0.2, -0.15) is 0 Å². The first-order valence-corrected chi connectivity index (χ1v) is 7.56. The molecule has 0 saturated carbocycles. The van der Waals surface area contributed by atoms with Crippen molar-refractivity contribution in [1.82, 2.24) is 4.90 Å². The maximum absolute atomic E-state index is 12.1. The third kappa shape index (κ3) is 4.21. The first-order chi connectivity index (χ1) is 9.76. The van der Waals surface area contributed by atoms with Gasteiger partial charge in [0.05, 0.1) is 0 Å². The van der Waals surface area contributed by atoms with E-state index in [9.17, 15) is 4.79 Å². The number of carbonyl (C=O) groups excluding carboxylic acids is 1. The van der Waals surface area contributed by atoms with Crippen LogP contribution in [0.5, 0.6) is 0 Å². The standard InChI is InChI=1S/C17H26N2O2/c1-12-5-7-13(8-6-12)14-9-10-19(11-15(14)18)16(20)21-17(2,3)4/h5-8,14-15H,9-11,18H2,1-4H3. The summed E-state index contributed by atoms with van der Waals surface area (Å²) >= 11 is 0. The lowest BCUT2D eigenvalue weighted by Gasteiger charge is -2.37. The number of benzene rings is 1. The minimum absolute atomic E-state index is 0.0472. The molecule has 21 heavy (non-hydrogen) atoms. The smallest absolute Gasteiger partial charge is 0.410 e. The fourth-order valence-electron chi connectivity index (χ4n) is 2.70. The van der Waals surface area contributed by atoms with Crippen molar-refractivity contribution < 1.29 is 9.53 Å². The summed E-state index contributed by atoms with van der Waals surface area (Å²) in [6.45, 7) is 8.96. The van der Waals surface area contributed by atoms with Crippen LogP contribution in [0.3, 0.4) is 0 Å². The molecule has 0 bridgehead atoms. The molecule has 2 atom stereocenters. The zero-order chi connectivity index (χ0) is 15.6. The summed E-state index contributed by atoms with van der Waals surface area (Å²) in [5.74, 6) is 0.310. The van der Waals surface area contributed by atoms with Crippen molar-refractivity contribution >= 4 is 6.09 Å². The molecule has 2 unspecified atom stereocenters. The number of carbonyl (C=O) groups is 1. The van der Waals surface area contributed by atoms with Gasteiger partial charge in [0.15, 0.2) is 0 Å². The van der Waals surface area contributed by atoms with Gasteiger partial charge >= 0.3 is 6.09 Å². The van der Waals surface area contributed by atoms with Gasteiger partial charge in [0.25, 0.3) is 0 Å². The molecule has 1 saturated heterocycles. The van der Waals surface area contributed by atoms with Crippen molar-refractivity contribution in [1.29, 1.82) is 0 Å². The second-order valence-electron chi connectivity index (χ2n) is 6.90. The molecule has 1 aromatic carbocycles. The number of ether oxygens (including phenoxy) is 1. The lowest BCUT2D eigenvalue weighted by molar-refractivity contribution is 0.0186. The average Bonchev–Trinajstić information content (AvgIpc) is 2.38. The van der Waals surface area contributed by atoms with Crippen molar-refractivity contribution in [3.05, 3.63) is 35.4 Å². The molecule has 2 rings (SSSR count). The van der Waals surface area contributed by atoms with E-state index in [1.807, 2.05) is 20.8 Å². The van der Waals surface area contributed by atoms with E-state index in [0.29, 0.717) is 19.0 Å². The molecule has 1 fully saturated rings. The van der Waals surface area contributed by atoms with Crippen LogP contribution in [0.25, 0.3) is 0 Å². The van der Waals surface area contributed by atoms with Crippen LogP contribution >= 0.6 is 0 Å². The van der Waals surface area contributed by atoms with E-state index in [1.165, 1.54) is 11.1 Å². The maximum atomic E-state index is 12.1. The first-order valence-electron chi connectivity index (χ1n) is 7.56. The highest BCUT2D eigenvalue weighted by atomic mass is 16.6. The Kier molecular flexibility index (Phi) is 4.57. The molecule has 1 heterocycles. The number of amides is 1. The largest absolute Gasteiger partial charge is 0.444 e. The summed E-state index contributed by atoms with van der Waals surface area (Å²) in [6, 6.07) is 8.46. The van der Waals surface area contributed by atoms with Crippen LogP contribution in [0.4, 0.5) is 4.79 Å². The Morgan fingerprint density at radius 3 is 2.43 bits per heavy atom. The van der Waals surface area contributed by atoms with Gasteiger partial charge in [-0.3, -0.25) is 0 Å². The van der Waals surface area contributed by atoms with Crippen LogP contribution in [0.1, 0.15) is 44.2 Å². The number of hydrogen-bond donors (Lipinski definition) is 1. The van der Waals surface area contributed by atoms with Crippen LogP contribution in [0, 0.1) is 6.92 Å². The molecule has 1 aromatic rings. The number of nitrogens with zero attached hydrogens (tertiary/aromatic N) is 1. The third-order valence-corrected chi connectivity index (χ3v) is 3.82. The summed E-state index contributed by atoms with van der Waals surface area (Å²) in [5.41, 5.74) is 8.34. The van der Waals surface area contributed by atoms with Crippen LogP contribution in [0.15, 0.2) is 24.3 Å². The number of likely N-dealkylation sites (tertiary alicyclic amines) is 1.